The van der Waals surface area contributed by atoms with E-state index in [1.807, 2.05) is 0 Å². The minimum atomic E-state index is -1.05. The lowest BCUT2D eigenvalue weighted by Gasteiger charge is -1.96. The molecule has 0 saturated carbocycles. The Morgan fingerprint density at radius 1 is 1.89 bits per heavy atom. The van der Waals surface area contributed by atoms with Crippen molar-refractivity contribution >= 4 is 19.5 Å². The first-order chi connectivity index (χ1) is 3.68. The van der Waals surface area contributed by atoms with Crippen LogP contribution in [-0.4, -0.2) is 17.1 Å². The van der Waals surface area contributed by atoms with Gasteiger partial charge in [-0.1, -0.05) is 0 Å². The summed E-state index contributed by atoms with van der Waals surface area (Å²) in [4.78, 5) is 9.87. The molecule has 1 atom stereocenters. The van der Waals surface area contributed by atoms with Crippen molar-refractivity contribution < 1.29 is 9.90 Å². The van der Waals surface area contributed by atoms with E-state index in [0.717, 1.165) is 0 Å². The summed E-state index contributed by atoms with van der Waals surface area (Å²) in [6.07, 6.45) is 4.87. The van der Waals surface area contributed by atoms with Crippen LogP contribution < -0.4 is 5.73 Å². The molecule has 0 aliphatic rings. The average molecular weight is 147 g/mol. The molecule has 0 heterocycles. The van der Waals surface area contributed by atoms with Crippen molar-refractivity contribution in [2.45, 2.75) is 12.5 Å². The molecule has 0 rings (SSSR count). The number of terminal acetylenes is 1. The van der Waals surface area contributed by atoms with Crippen LogP contribution in [0.15, 0.2) is 0 Å². The number of carboxylic acid groups (broad SMARTS) is 1. The zero-order valence-corrected chi connectivity index (χ0v) is 5.79. The fraction of sp³-hybridized carbons (Fsp3) is 0.400. The van der Waals surface area contributed by atoms with Crippen LogP contribution in [0.25, 0.3) is 0 Å². The van der Waals surface area contributed by atoms with Crippen LogP contribution >= 0.6 is 13.5 Å². The van der Waals surface area contributed by atoms with Crippen molar-refractivity contribution in [3.05, 3.63) is 0 Å². The number of carboxylic acids is 1. The standard InChI is InChI=1S/C5H7NO2.H2S/c1-2-3-4(6)5(7)8;/h1,4H,3,6H2,(H,7,8);1H2/t4-;/m0./s1. The highest BCUT2D eigenvalue weighted by molar-refractivity contribution is 7.59. The highest BCUT2D eigenvalue weighted by Gasteiger charge is 2.07. The Morgan fingerprint density at radius 2 is 2.33 bits per heavy atom. The van der Waals surface area contributed by atoms with E-state index in [1.54, 1.807) is 0 Å². The zero-order chi connectivity index (χ0) is 6.57. The molecule has 9 heavy (non-hydrogen) atoms. The summed E-state index contributed by atoms with van der Waals surface area (Å²) in [5.41, 5.74) is 4.98. The Labute approximate surface area is 60.7 Å². The van der Waals surface area contributed by atoms with Gasteiger partial charge in [-0.2, -0.15) is 13.5 Å². The fourth-order valence-electron chi connectivity index (χ4n) is 0.214. The molecule has 0 unspecified atom stereocenters. The number of hydrogen-bond donors (Lipinski definition) is 2. The van der Waals surface area contributed by atoms with Crippen LogP contribution in [0.4, 0.5) is 0 Å². The van der Waals surface area contributed by atoms with Gasteiger partial charge in [-0.3, -0.25) is 4.79 Å². The summed E-state index contributed by atoms with van der Waals surface area (Å²) in [5, 5.41) is 8.09. The second kappa shape index (κ2) is 5.48. The monoisotopic (exact) mass is 147 g/mol. The molecule has 52 valence electrons. The third kappa shape index (κ3) is 5.21. The van der Waals surface area contributed by atoms with E-state index >= 15 is 0 Å². The average Bonchev–Trinajstić information content (AvgIpc) is 1.67. The van der Waals surface area contributed by atoms with Gasteiger partial charge in [0.1, 0.15) is 6.04 Å². The Morgan fingerprint density at radius 3 is 2.44 bits per heavy atom. The lowest BCUT2D eigenvalue weighted by atomic mass is 10.2. The third-order valence-electron chi connectivity index (χ3n) is 0.655. The molecule has 0 amide bonds. The van der Waals surface area contributed by atoms with Gasteiger partial charge in [0.2, 0.25) is 0 Å². The molecule has 0 saturated heterocycles. The number of hydrogen-bond acceptors (Lipinski definition) is 2. The Balaban J connectivity index is 0. The minimum absolute atomic E-state index is 0. The lowest BCUT2D eigenvalue weighted by molar-refractivity contribution is -0.138. The van der Waals surface area contributed by atoms with E-state index in [1.165, 1.54) is 0 Å². The number of aliphatic carboxylic acids is 1. The van der Waals surface area contributed by atoms with Gasteiger partial charge in [-0.25, -0.2) is 0 Å². The summed E-state index contributed by atoms with van der Waals surface area (Å²) < 4.78 is 0. The molecule has 3 nitrogen and oxygen atoms in total. The largest absolute Gasteiger partial charge is 0.480 e. The highest BCUT2D eigenvalue weighted by Crippen LogP contribution is 1.82. The maximum absolute atomic E-state index is 9.87. The van der Waals surface area contributed by atoms with Crippen molar-refractivity contribution in [3.8, 4) is 12.3 Å². The van der Waals surface area contributed by atoms with Gasteiger partial charge in [0.25, 0.3) is 0 Å². The Kier molecular flexibility index (Phi) is 6.80. The summed E-state index contributed by atoms with van der Waals surface area (Å²) in [7, 11) is 0. The number of rotatable bonds is 2. The first kappa shape index (κ1) is 11.2. The van der Waals surface area contributed by atoms with Crippen LogP contribution in [0.5, 0.6) is 0 Å². The summed E-state index contributed by atoms with van der Waals surface area (Å²) in [6.45, 7) is 0. The predicted molar refractivity (Wildman–Crippen MR) is 39.4 cm³/mol. The Bertz CT molecular complexity index is 129. The second-order valence-electron chi connectivity index (χ2n) is 1.35. The normalized spacial score (nSPS) is 10.7. The van der Waals surface area contributed by atoms with Crippen molar-refractivity contribution in [3.63, 3.8) is 0 Å². The van der Waals surface area contributed by atoms with E-state index in [-0.39, 0.29) is 19.9 Å². The molecule has 4 heteroatoms. The van der Waals surface area contributed by atoms with E-state index in [4.69, 9.17) is 17.3 Å². The molecule has 0 aliphatic carbocycles. The summed E-state index contributed by atoms with van der Waals surface area (Å²) >= 11 is 0. The minimum Gasteiger partial charge on any atom is -0.480 e. The molecule has 0 aliphatic heterocycles. The van der Waals surface area contributed by atoms with Crippen molar-refractivity contribution in [1.29, 1.82) is 0 Å². The van der Waals surface area contributed by atoms with Crippen molar-refractivity contribution in [2.75, 3.05) is 0 Å². The van der Waals surface area contributed by atoms with Gasteiger partial charge >= 0.3 is 5.97 Å². The van der Waals surface area contributed by atoms with Gasteiger partial charge < -0.3 is 10.8 Å². The highest BCUT2D eigenvalue weighted by atomic mass is 32.1. The van der Waals surface area contributed by atoms with Crippen LogP contribution in [0.1, 0.15) is 6.42 Å². The quantitative estimate of drug-likeness (QED) is 0.519. The van der Waals surface area contributed by atoms with E-state index < -0.39 is 12.0 Å². The zero-order valence-electron chi connectivity index (χ0n) is 4.79. The molecule has 0 aromatic heterocycles. The molecule has 0 radical (unpaired) electrons. The lowest BCUT2D eigenvalue weighted by Crippen LogP contribution is -2.29. The topological polar surface area (TPSA) is 63.3 Å². The van der Waals surface area contributed by atoms with Gasteiger partial charge in [-0.15, -0.1) is 12.3 Å². The molecule has 0 aromatic rings. The van der Waals surface area contributed by atoms with Crippen LogP contribution in [0.2, 0.25) is 0 Å². The molecule has 3 N–H and O–H groups in total. The van der Waals surface area contributed by atoms with Gasteiger partial charge in [0.15, 0.2) is 0 Å². The SMILES string of the molecule is C#CC[C@H](N)C(=O)O.S. The van der Waals surface area contributed by atoms with E-state index in [9.17, 15) is 4.79 Å². The first-order valence-electron chi connectivity index (χ1n) is 2.10. The van der Waals surface area contributed by atoms with Crippen LogP contribution in [0, 0.1) is 12.3 Å². The third-order valence-corrected chi connectivity index (χ3v) is 0.655. The van der Waals surface area contributed by atoms with E-state index in [2.05, 4.69) is 5.92 Å². The molecular weight excluding hydrogens is 138 g/mol. The van der Waals surface area contributed by atoms with Crippen molar-refractivity contribution in [2.24, 2.45) is 5.73 Å². The second-order valence-corrected chi connectivity index (χ2v) is 1.35. The maximum atomic E-state index is 9.87. The van der Waals surface area contributed by atoms with Crippen LogP contribution in [-0.2, 0) is 4.79 Å². The smallest absolute Gasteiger partial charge is 0.321 e. The predicted octanol–water partition coefficient (Wildman–Crippen LogP) is -0.466. The number of carbonyl (C=O) groups is 1. The molecule has 0 aromatic carbocycles. The van der Waals surface area contributed by atoms with Gasteiger partial charge in [-0.05, 0) is 0 Å². The molecule has 0 spiro atoms. The summed E-state index contributed by atoms with van der Waals surface area (Å²) in [6, 6.07) is -0.903. The molecule has 0 bridgehead atoms. The summed E-state index contributed by atoms with van der Waals surface area (Å²) in [5.74, 6) is 1.09. The first-order valence-corrected chi connectivity index (χ1v) is 2.10. The van der Waals surface area contributed by atoms with Crippen molar-refractivity contribution in [1.82, 2.24) is 0 Å². The number of nitrogens with two attached hydrogens (primary N) is 1. The maximum Gasteiger partial charge on any atom is 0.321 e. The van der Waals surface area contributed by atoms with E-state index in [0.29, 0.717) is 0 Å². The van der Waals surface area contributed by atoms with Crippen LogP contribution in [0.3, 0.4) is 0 Å². The molecular formula is C5H9NO2S. The molecule has 0 fully saturated rings. The fourth-order valence-corrected chi connectivity index (χ4v) is 0.214. The Hall–Kier alpha value is -0.660. The van der Waals surface area contributed by atoms with Gasteiger partial charge in [0.05, 0.1) is 0 Å². The van der Waals surface area contributed by atoms with Gasteiger partial charge in [0, 0.05) is 6.42 Å².